The van der Waals surface area contributed by atoms with Crippen LogP contribution in [0.3, 0.4) is 0 Å². The van der Waals surface area contributed by atoms with Crippen molar-refractivity contribution in [3.63, 3.8) is 0 Å². The second-order valence-electron chi connectivity index (χ2n) is 5.62. The van der Waals surface area contributed by atoms with Crippen molar-refractivity contribution in [1.29, 1.82) is 0 Å². The highest BCUT2D eigenvalue weighted by atomic mass is 19.1. The molecule has 0 saturated heterocycles. The molecule has 3 aromatic rings. The van der Waals surface area contributed by atoms with Gasteiger partial charge in [-0.25, -0.2) is 13.5 Å². The third kappa shape index (κ3) is 4.38. The number of amides is 1. The van der Waals surface area contributed by atoms with E-state index in [1.807, 2.05) is 0 Å². The third-order valence-corrected chi connectivity index (χ3v) is 3.70. The minimum absolute atomic E-state index is 0.214. The van der Waals surface area contributed by atoms with Crippen LogP contribution in [-0.2, 0) is 17.9 Å². The molecule has 2 aromatic carbocycles. The molecule has 0 aliphatic rings. The lowest BCUT2D eigenvalue weighted by Crippen LogP contribution is -2.33. The van der Waals surface area contributed by atoms with Crippen LogP contribution in [0.1, 0.15) is 5.56 Å². The van der Waals surface area contributed by atoms with Crippen molar-refractivity contribution in [3.8, 4) is 11.3 Å². The Morgan fingerprint density at radius 3 is 2.19 bits per heavy atom. The number of nitrogens with zero attached hydrogens (tertiary/aromatic N) is 2. The lowest BCUT2D eigenvalue weighted by Gasteiger charge is -2.08. The minimum Gasteiger partial charge on any atom is -0.350 e. The van der Waals surface area contributed by atoms with Gasteiger partial charge < -0.3 is 5.32 Å². The van der Waals surface area contributed by atoms with Crippen molar-refractivity contribution in [2.45, 2.75) is 13.1 Å². The average Bonchev–Trinajstić information content (AvgIpc) is 2.64. The van der Waals surface area contributed by atoms with Crippen LogP contribution in [-0.4, -0.2) is 15.7 Å². The number of benzene rings is 2. The highest BCUT2D eigenvalue weighted by molar-refractivity contribution is 5.75. The number of carbonyl (C=O) groups is 1. The highest BCUT2D eigenvalue weighted by Crippen LogP contribution is 2.15. The van der Waals surface area contributed by atoms with Crippen molar-refractivity contribution >= 4 is 5.91 Å². The van der Waals surface area contributed by atoms with Crippen molar-refractivity contribution in [1.82, 2.24) is 15.1 Å². The molecule has 132 valence electrons. The molecule has 26 heavy (non-hydrogen) atoms. The molecular weight excluding hydrogens is 340 g/mol. The summed E-state index contributed by atoms with van der Waals surface area (Å²) in [5.41, 5.74) is 1.40. The van der Waals surface area contributed by atoms with E-state index in [-0.39, 0.29) is 24.7 Å². The number of hydrogen-bond donors (Lipinski definition) is 1. The van der Waals surface area contributed by atoms with Gasteiger partial charge in [0.05, 0.1) is 5.69 Å². The first kappa shape index (κ1) is 17.5. The molecule has 5 nitrogen and oxygen atoms in total. The van der Waals surface area contributed by atoms with Gasteiger partial charge in [-0.1, -0.05) is 12.1 Å². The summed E-state index contributed by atoms with van der Waals surface area (Å²) in [5, 5.41) is 6.80. The standard InChI is InChI=1S/C19H15F2N3O2/c20-15-5-1-13(2-6-15)11-22-18(25)12-24-19(26)10-9-17(23-24)14-3-7-16(21)8-4-14/h1-10H,11-12H2,(H,22,25). The number of nitrogens with one attached hydrogen (secondary N) is 1. The van der Waals surface area contributed by atoms with Crippen LogP contribution in [0.25, 0.3) is 11.3 Å². The van der Waals surface area contributed by atoms with Gasteiger partial charge in [0, 0.05) is 18.2 Å². The molecule has 1 aromatic heterocycles. The molecule has 0 fully saturated rings. The van der Waals surface area contributed by atoms with E-state index < -0.39 is 11.5 Å². The summed E-state index contributed by atoms with van der Waals surface area (Å²) in [4.78, 5) is 24.0. The van der Waals surface area contributed by atoms with Crippen LogP contribution in [0, 0.1) is 11.6 Å². The molecule has 0 spiro atoms. The van der Waals surface area contributed by atoms with Gasteiger partial charge >= 0.3 is 0 Å². The van der Waals surface area contributed by atoms with Gasteiger partial charge in [0.15, 0.2) is 0 Å². The number of rotatable bonds is 5. The molecule has 0 saturated carbocycles. The zero-order chi connectivity index (χ0) is 18.5. The zero-order valence-corrected chi connectivity index (χ0v) is 13.7. The number of hydrogen-bond acceptors (Lipinski definition) is 3. The molecule has 0 bridgehead atoms. The van der Waals surface area contributed by atoms with Crippen molar-refractivity contribution < 1.29 is 13.6 Å². The van der Waals surface area contributed by atoms with Gasteiger partial charge in [0.25, 0.3) is 5.56 Å². The summed E-state index contributed by atoms with van der Waals surface area (Å²) >= 11 is 0. The Bertz CT molecular complexity index is 967. The molecule has 0 aliphatic heterocycles. The summed E-state index contributed by atoms with van der Waals surface area (Å²) in [6, 6.07) is 14.2. The Hall–Kier alpha value is -3.35. The Morgan fingerprint density at radius 2 is 1.54 bits per heavy atom. The Balaban J connectivity index is 1.69. The smallest absolute Gasteiger partial charge is 0.267 e. The topological polar surface area (TPSA) is 64.0 Å². The van der Waals surface area contributed by atoms with Gasteiger partial charge in [-0.2, -0.15) is 5.10 Å². The molecule has 1 amide bonds. The van der Waals surface area contributed by atoms with E-state index in [2.05, 4.69) is 10.4 Å². The maximum absolute atomic E-state index is 13.0. The van der Waals surface area contributed by atoms with Crippen LogP contribution >= 0.6 is 0 Å². The minimum atomic E-state index is -0.423. The van der Waals surface area contributed by atoms with Crippen molar-refractivity contribution in [2.75, 3.05) is 0 Å². The summed E-state index contributed by atoms with van der Waals surface area (Å²) in [6.07, 6.45) is 0. The van der Waals surface area contributed by atoms with Crippen molar-refractivity contribution in [2.24, 2.45) is 0 Å². The Labute approximate surface area is 147 Å². The Morgan fingerprint density at radius 1 is 0.923 bits per heavy atom. The maximum atomic E-state index is 13.0. The fourth-order valence-corrected chi connectivity index (χ4v) is 2.33. The first-order chi connectivity index (χ1) is 12.5. The first-order valence-electron chi connectivity index (χ1n) is 7.86. The quantitative estimate of drug-likeness (QED) is 0.765. The molecular formula is C19H15F2N3O2. The van der Waals surface area contributed by atoms with Gasteiger partial charge in [0.1, 0.15) is 18.2 Å². The second-order valence-corrected chi connectivity index (χ2v) is 5.62. The number of aromatic nitrogens is 2. The molecule has 0 unspecified atom stereocenters. The third-order valence-electron chi connectivity index (χ3n) is 3.70. The maximum Gasteiger partial charge on any atom is 0.267 e. The molecule has 0 atom stereocenters. The highest BCUT2D eigenvalue weighted by Gasteiger charge is 2.08. The van der Waals surface area contributed by atoms with Gasteiger partial charge in [-0.3, -0.25) is 9.59 Å². The fraction of sp³-hybridized carbons (Fsp3) is 0.105. The van der Waals surface area contributed by atoms with Gasteiger partial charge in [-0.15, -0.1) is 0 Å². The van der Waals surface area contributed by atoms with E-state index in [1.54, 1.807) is 24.3 Å². The predicted molar refractivity (Wildman–Crippen MR) is 92.1 cm³/mol. The van der Waals surface area contributed by atoms with Crippen LogP contribution in [0.2, 0.25) is 0 Å². The summed E-state index contributed by atoms with van der Waals surface area (Å²) < 4.78 is 26.9. The first-order valence-corrected chi connectivity index (χ1v) is 7.86. The van der Waals surface area contributed by atoms with Crippen molar-refractivity contribution in [3.05, 3.63) is 88.2 Å². The van der Waals surface area contributed by atoms with E-state index in [0.717, 1.165) is 10.2 Å². The number of halogens is 2. The second kappa shape index (κ2) is 7.69. The van der Waals surface area contributed by atoms with Gasteiger partial charge in [-0.05, 0) is 48.0 Å². The predicted octanol–water partition coefficient (Wildman–Crippen LogP) is 2.50. The van der Waals surface area contributed by atoms with Crippen LogP contribution < -0.4 is 10.9 Å². The zero-order valence-electron chi connectivity index (χ0n) is 13.7. The van der Waals surface area contributed by atoms with E-state index in [4.69, 9.17) is 0 Å². The summed E-state index contributed by atoms with van der Waals surface area (Å²) in [6.45, 7) is -0.0411. The summed E-state index contributed by atoms with van der Waals surface area (Å²) in [7, 11) is 0. The summed E-state index contributed by atoms with van der Waals surface area (Å²) in [5.74, 6) is -1.13. The van der Waals surface area contributed by atoms with E-state index in [0.29, 0.717) is 11.3 Å². The molecule has 7 heteroatoms. The lowest BCUT2D eigenvalue weighted by atomic mass is 10.1. The average molecular weight is 355 g/mol. The lowest BCUT2D eigenvalue weighted by molar-refractivity contribution is -0.122. The van der Waals surface area contributed by atoms with E-state index in [9.17, 15) is 18.4 Å². The van der Waals surface area contributed by atoms with E-state index in [1.165, 1.54) is 36.4 Å². The SMILES string of the molecule is O=C(Cn1nc(-c2ccc(F)cc2)ccc1=O)NCc1ccc(F)cc1. The van der Waals surface area contributed by atoms with Gasteiger partial charge in [0.2, 0.25) is 5.91 Å². The monoisotopic (exact) mass is 355 g/mol. The molecule has 0 aliphatic carbocycles. The van der Waals surface area contributed by atoms with E-state index >= 15 is 0 Å². The molecule has 3 rings (SSSR count). The number of carbonyl (C=O) groups excluding carboxylic acids is 1. The normalized spacial score (nSPS) is 10.5. The largest absolute Gasteiger partial charge is 0.350 e. The Kier molecular flexibility index (Phi) is 5.17. The molecule has 1 heterocycles. The van der Waals surface area contributed by atoms with Crippen LogP contribution in [0.4, 0.5) is 8.78 Å². The molecule has 0 radical (unpaired) electrons. The van der Waals surface area contributed by atoms with Crippen LogP contribution in [0.15, 0.2) is 65.5 Å². The molecule has 1 N–H and O–H groups in total. The fourth-order valence-electron chi connectivity index (χ4n) is 2.33. The van der Waals surface area contributed by atoms with Crippen LogP contribution in [0.5, 0.6) is 0 Å².